The Morgan fingerprint density at radius 1 is 1.26 bits per heavy atom. The molecule has 5 heterocycles. The topological polar surface area (TPSA) is 108 Å². The van der Waals surface area contributed by atoms with Gasteiger partial charge in [-0.3, -0.25) is 14.9 Å². The first-order chi connectivity index (χ1) is 13.0. The van der Waals surface area contributed by atoms with E-state index in [2.05, 4.69) is 15.2 Å². The highest BCUT2D eigenvalue weighted by molar-refractivity contribution is 7.90. The molecular weight excluding hydrogens is 370 g/mol. The molecule has 0 radical (unpaired) electrons. The maximum absolute atomic E-state index is 13.1. The summed E-state index contributed by atoms with van der Waals surface area (Å²) in [7, 11) is -3.50. The third kappa shape index (κ3) is 2.59. The van der Waals surface area contributed by atoms with Gasteiger partial charge >= 0.3 is 0 Å². The van der Waals surface area contributed by atoms with Crippen molar-refractivity contribution < 1.29 is 17.9 Å². The smallest absolute Gasteiger partial charge is 0.272 e. The van der Waals surface area contributed by atoms with Crippen molar-refractivity contribution in [3.8, 4) is 0 Å². The molecule has 9 nitrogen and oxygen atoms in total. The summed E-state index contributed by atoms with van der Waals surface area (Å²) < 4.78 is 33.9. The molecule has 2 bridgehead atoms. The van der Waals surface area contributed by atoms with Gasteiger partial charge < -0.3 is 9.64 Å². The molecule has 10 heteroatoms. The number of fused-ring (bicyclic) bond motifs is 1. The molecule has 1 N–H and O–H groups in total. The summed E-state index contributed by atoms with van der Waals surface area (Å²) in [5.74, 6) is -0.175. The van der Waals surface area contributed by atoms with Crippen molar-refractivity contribution in [3.63, 3.8) is 0 Å². The fourth-order valence-corrected chi connectivity index (χ4v) is 6.77. The molecule has 0 aliphatic carbocycles. The zero-order valence-electron chi connectivity index (χ0n) is 14.5. The van der Waals surface area contributed by atoms with Crippen LogP contribution in [0.15, 0.2) is 36.8 Å². The Morgan fingerprint density at radius 2 is 2.07 bits per heavy atom. The molecule has 3 atom stereocenters. The number of carbonyl (C=O) groups excluding carboxylic acids is 1. The molecule has 0 unspecified atom stereocenters. The fraction of sp³-hybridized carbons (Fsp3) is 0.471. The lowest BCUT2D eigenvalue weighted by molar-refractivity contribution is -0.0981. The molecule has 0 saturated carbocycles. The minimum atomic E-state index is -3.50. The number of H-pyrrole nitrogens is 1. The monoisotopic (exact) mass is 389 g/mol. The number of aromatic nitrogens is 3. The van der Waals surface area contributed by atoms with Gasteiger partial charge in [0, 0.05) is 38.2 Å². The molecule has 2 aromatic heterocycles. The summed E-state index contributed by atoms with van der Waals surface area (Å²) in [5, 5.41) is 5.89. The lowest BCUT2D eigenvalue weighted by Crippen LogP contribution is -2.56. The maximum Gasteiger partial charge on any atom is 0.272 e. The van der Waals surface area contributed by atoms with Crippen molar-refractivity contribution >= 4 is 15.9 Å². The number of rotatable bonds is 3. The Hall–Kier alpha value is -2.30. The van der Waals surface area contributed by atoms with Crippen LogP contribution in [0.4, 0.5) is 0 Å². The maximum atomic E-state index is 13.1. The number of carbonyl (C=O) groups is 1. The Labute approximate surface area is 156 Å². The van der Waals surface area contributed by atoms with Crippen molar-refractivity contribution in [2.24, 2.45) is 0 Å². The molecule has 3 saturated heterocycles. The van der Waals surface area contributed by atoms with E-state index in [9.17, 15) is 13.2 Å². The number of hydrogen-bond acceptors (Lipinski definition) is 6. The van der Waals surface area contributed by atoms with Crippen molar-refractivity contribution in [1.82, 2.24) is 24.4 Å². The van der Waals surface area contributed by atoms with Crippen molar-refractivity contribution in [2.45, 2.75) is 29.9 Å². The number of sulfonamides is 1. The summed E-state index contributed by atoms with van der Waals surface area (Å²) in [5.41, 5.74) is 0.409. The van der Waals surface area contributed by atoms with Gasteiger partial charge in [-0.05, 0) is 30.2 Å². The average molecular weight is 389 g/mol. The van der Waals surface area contributed by atoms with Crippen molar-refractivity contribution in [3.05, 3.63) is 48.0 Å². The fourth-order valence-electron chi connectivity index (χ4n) is 4.48. The van der Waals surface area contributed by atoms with Crippen LogP contribution in [-0.4, -0.2) is 75.3 Å². The Kier molecular flexibility index (Phi) is 3.65. The van der Waals surface area contributed by atoms with Crippen LogP contribution in [0.25, 0.3) is 0 Å². The van der Waals surface area contributed by atoms with Crippen LogP contribution in [0.2, 0.25) is 0 Å². The summed E-state index contributed by atoms with van der Waals surface area (Å²) in [6.45, 7) is 1.20. The molecule has 142 valence electrons. The van der Waals surface area contributed by atoms with E-state index in [0.29, 0.717) is 18.7 Å². The number of ether oxygens (including phenoxy) is 1. The molecule has 3 fully saturated rings. The van der Waals surface area contributed by atoms with E-state index in [1.54, 1.807) is 35.5 Å². The molecule has 3 aliphatic heterocycles. The van der Waals surface area contributed by atoms with Gasteiger partial charge in [0.05, 0.1) is 12.6 Å². The number of pyridine rings is 1. The number of morpholine rings is 1. The van der Waals surface area contributed by atoms with Gasteiger partial charge in [-0.15, -0.1) is 0 Å². The van der Waals surface area contributed by atoms with Crippen LogP contribution in [0, 0.1) is 0 Å². The highest BCUT2D eigenvalue weighted by Crippen LogP contribution is 2.47. The second-order valence-electron chi connectivity index (χ2n) is 7.35. The number of likely N-dealkylation sites (tertiary alicyclic amines) is 1. The first-order valence-electron chi connectivity index (χ1n) is 8.82. The predicted molar refractivity (Wildman–Crippen MR) is 94.1 cm³/mol. The zero-order chi connectivity index (χ0) is 18.6. The van der Waals surface area contributed by atoms with Gasteiger partial charge in [-0.2, -0.15) is 9.40 Å². The predicted octanol–water partition coefficient (Wildman–Crippen LogP) is 0.00240. The van der Waals surface area contributed by atoms with E-state index in [1.807, 2.05) is 0 Å². The number of nitrogens with zero attached hydrogens (tertiary/aromatic N) is 4. The third-order valence-electron chi connectivity index (χ3n) is 5.64. The summed E-state index contributed by atoms with van der Waals surface area (Å²) in [4.78, 5) is 18.4. The Morgan fingerprint density at radius 3 is 2.81 bits per heavy atom. The summed E-state index contributed by atoms with van der Waals surface area (Å²) in [6, 6.07) is 5.23. The minimum absolute atomic E-state index is 0.175. The number of nitrogens with one attached hydrogen (secondary N) is 1. The van der Waals surface area contributed by atoms with Crippen LogP contribution < -0.4 is 0 Å². The first kappa shape index (κ1) is 16.8. The molecule has 3 aliphatic rings. The van der Waals surface area contributed by atoms with E-state index < -0.39 is 20.9 Å². The lowest BCUT2D eigenvalue weighted by atomic mass is 9.99. The van der Waals surface area contributed by atoms with Gasteiger partial charge in [-0.1, -0.05) is 0 Å². The van der Waals surface area contributed by atoms with E-state index in [4.69, 9.17) is 4.74 Å². The second-order valence-corrected chi connectivity index (χ2v) is 9.47. The number of hydrogen-bond donors (Lipinski definition) is 1. The molecule has 2 aromatic rings. The van der Waals surface area contributed by atoms with E-state index in [0.717, 1.165) is 5.56 Å². The first-order valence-corrected chi connectivity index (χ1v) is 10.3. The normalized spacial score (nSPS) is 31.8. The molecule has 1 spiro atoms. The van der Waals surface area contributed by atoms with Crippen LogP contribution in [0.3, 0.4) is 0 Å². The Bertz CT molecular complexity index is 964. The molecule has 5 rings (SSSR count). The largest absolute Gasteiger partial charge is 0.365 e. The van der Waals surface area contributed by atoms with Crippen LogP contribution in [0.1, 0.15) is 22.5 Å². The second kappa shape index (κ2) is 5.85. The molecule has 1 amide bonds. The summed E-state index contributed by atoms with van der Waals surface area (Å²) in [6.07, 6.45) is 4.99. The van der Waals surface area contributed by atoms with Crippen LogP contribution >= 0.6 is 0 Å². The van der Waals surface area contributed by atoms with Gasteiger partial charge in [0.15, 0.2) is 0 Å². The molecule has 27 heavy (non-hydrogen) atoms. The average Bonchev–Trinajstić information content (AvgIpc) is 3.32. The third-order valence-corrected chi connectivity index (χ3v) is 7.96. The van der Waals surface area contributed by atoms with Gasteiger partial charge in [0.1, 0.15) is 16.5 Å². The van der Waals surface area contributed by atoms with Crippen molar-refractivity contribution in [2.75, 3.05) is 19.6 Å². The SMILES string of the molecule is O=C(c1ccn[nH]1)N1C[C@H]2C[C@H]3[C@](C1)(CN(Cc1ccncc1)S3(=O)=O)O2. The summed E-state index contributed by atoms with van der Waals surface area (Å²) >= 11 is 0. The molecular formula is C17H19N5O4S. The van der Waals surface area contributed by atoms with E-state index in [1.165, 1.54) is 10.5 Å². The zero-order valence-corrected chi connectivity index (χ0v) is 15.3. The standard InChI is InChI=1S/C17H19N5O4S/c23-16(14-3-6-19-20-14)21-9-13-7-15-17(10-21,26-13)11-22(27(15,24)25)8-12-1-4-18-5-2-12/h1-6,13,15H,7-11H2,(H,19,20)/t13-,15+,17+/m1/s1. The van der Waals surface area contributed by atoms with Crippen LogP contribution in [-0.2, 0) is 21.3 Å². The van der Waals surface area contributed by atoms with Gasteiger partial charge in [0.2, 0.25) is 10.0 Å². The van der Waals surface area contributed by atoms with E-state index >= 15 is 0 Å². The highest BCUT2D eigenvalue weighted by atomic mass is 32.2. The number of aromatic amines is 1. The Balaban J connectivity index is 1.42. The van der Waals surface area contributed by atoms with Crippen LogP contribution in [0.5, 0.6) is 0 Å². The quantitative estimate of drug-likeness (QED) is 0.792. The van der Waals surface area contributed by atoms with Gasteiger partial charge in [0.25, 0.3) is 5.91 Å². The van der Waals surface area contributed by atoms with Crippen molar-refractivity contribution in [1.29, 1.82) is 0 Å². The highest BCUT2D eigenvalue weighted by Gasteiger charge is 2.65. The number of amides is 1. The van der Waals surface area contributed by atoms with E-state index in [-0.39, 0.29) is 31.6 Å². The van der Waals surface area contributed by atoms with Gasteiger partial charge in [-0.25, -0.2) is 8.42 Å². The minimum Gasteiger partial charge on any atom is -0.365 e. The lowest BCUT2D eigenvalue weighted by Gasteiger charge is -2.39. The molecule has 0 aromatic carbocycles.